The number of benzene rings is 2. The van der Waals surface area contributed by atoms with Crippen LogP contribution in [-0.2, 0) is 13.0 Å². The molecule has 1 nitrogen and oxygen atoms in total. The van der Waals surface area contributed by atoms with Gasteiger partial charge in [0, 0.05) is 6.54 Å². The van der Waals surface area contributed by atoms with E-state index in [9.17, 15) is 0 Å². The standard InChI is InChI=1S/C17H21N/c1-4-14-6-9-15(10-7-14)17-11-13(2)5-8-16(17)12-18-3/h5-11,18H,4,12H2,1-3H3. The molecule has 18 heavy (non-hydrogen) atoms. The molecule has 0 unspecified atom stereocenters. The van der Waals surface area contributed by atoms with Crippen LogP contribution < -0.4 is 5.32 Å². The first-order valence-electron chi connectivity index (χ1n) is 6.58. The fourth-order valence-corrected chi connectivity index (χ4v) is 2.22. The topological polar surface area (TPSA) is 12.0 Å². The normalized spacial score (nSPS) is 10.6. The summed E-state index contributed by atoms with van der Waals surface area (Å²) < 4.78 is 0. The van der Waals surface area contributed by atoms with Gasteiger partial charge < -0.3 is 5.32 Å². The first-order valence-corrected chi connectivity index (χ1v) is 6.58. The zero-order valence-electron chi connectivity index (χ0n) is 11.5. The minimum Gasteiger partial charge on any atom is -0.316 e. The fraction of sp³-hybridized carbons (Fsp3) is 0.294. The number of hydrogen-bond acceptors (Lipinski definition) is 1. The van der Waals surface area contributed by atoms with Crippen LogP contribution in [0.1, 0.15) is 23.6 Å². The van der Waals surface area contributed by atoms with E-state index in [0.717, 1.165) is 13.0 Å². The Balaban J connectivity index is 2.43. The lowest BCUT2D eigenvalue weighted by Gasteiger charge is -2.11. The lowest BCUT2D eigenvalue weighted by Crippen LogP contribution is -2.06. The van der Waals surface area contributed by atoms with Crippen LogP contribution in [0, 0.1) is 6.92 Å². The van der Waals surface area contributed by atoms with E-state index >= 15 is 0 Å². The number of rotatable bonds is 4. The first kappa shape index (κ1) is 12.8. The first-order chi connectivity index (χ1) is 8.74. The molecule has 2 aromatic carbocycles. The quantitative estimate of drug-likeness (QED) is 0.852. The van der Waals surface area contributed by atoms with Gasteiger partial charge in [-0.25, -0.2) is 0 Å². The molecule has 0 bridgehead atoms. The summed E-state index contributed by atoms with van der Waals surface area (Å²) >= 11 is 0. The minimum absolute atomic E-state index is 0.908. The second-order valence-corrected chi connectivity index (χ2v) is 4.74. The molecular formula is C17H21N. The summed E-state index contributed by atoms with van der Waals surface area (Å²) in [4.78, 5) is 0. The minimum atomic E-state index is 0.908. The second-order valence-electron chi connectivity index (χ2n) is 4.74. The van der Waals surface area contributed by atoms with E-state index in [-0.39, 0.29) is 0 Å². The summed E-state index contributed by atoms with van der Waals surface area (Å²) in [6.45, 7) is 5.24. The van der Waals surface area contributed by atoms with Gasteiger partial charge in [0.25, 0.3) is 0 Å². The highest BCUT2D eigenvalue weighted by Gasteiger charge is 2.05. The molecule has 0 radical (unpaired) electrons. The van der Waals surface area contributed by atoms with E-state index in [1.165, 1.54) is 27.8 Å². The van der Waals surface area contributed by atoms with Gasteiger partial charge in [0.1, 0.15) is 0 Å². The van der Waals surface area contributed by atoms with Crippen LogP contribution in [0.3, 0.4) is 0 Å². The van der Waals surface area contributed by atoms with Gasteiger partial charge in [-0.15, -0.1) is 0 Å². The van der Waals surface area contributed by atoms with Crippen LogP contribution >= 0.6 is 0 Å². The van der Waals surface area contributed by atoms with E-state index in [2.05, 4.69) is 61.6 Å². The molecule has 0 atom stereocenters. The van der Waals surface area contributed by atoms with E-state index in [1.807, 2.05) is 7.05 Å². The number of nitrogens with one attached hydrogen (secondary N) is 1. The van der Waals surface area contributed by atoms with Crippen molar-refractivity contribution in [3.8, 4) is 11.1 Å². The molecule has 0 aliphatic heterocycles. The maximum absolute atomic E-state index is 3.24. The van der Waals surface area contributed by atoms with Crippen LogP contribution in [0.25, 0.3) is 11.1 Å². The Bertz CT molecular complexity index is 512. The average molecular weight is 239 g/mol. The fourth-order valence-electron chi connectivity index (χ4n) is 2.22. The summed E-state index contributed by atoms with van der Waals surface area (Å²) in [6.07, 6.45) is 1.09. The second kappa shape index (κ2) is 5.83. The Hall–Kier alpha value is -1.60. The highest BCUT2D eigenvalue weighted by Crippen LogP contribution is 2.25. The van der Waals surface area contributed by atoms with Crippen molar-refractivity contribution in [3.05, 3.63) is 59.2 Å². The van der Waals surface area contributed by atoms with Crippen molar-refractivity contribution in [1.82, 2.24) is 5.32 Å². The Kier molecular flexibility index (Phi) is 4.16. The third kappa shape index (κ3) is 2.80. The van der Waals surface area contributed by atoms with Crippen LogP contribution in [0.15, 0.2) is 42.5 Å². The summed E-state index contributed by atoms with van der Waals surface area (Å²) in [6, 6.07) is 15.6. The van der Waals surface area contributed by atoms with Gasteiger partial charge in [0.05, 0.1) is 0 Å². The van der Waals surface area contributed by atoms with Gasteiger partial charge in [-0.2, -0.15) is 0 Å². The van der Waals surface area contributed by atoms with Crippen LogP contribution in [0.5, 0.6) is 0 Å². The largest absolute Gasteiger partial charge is 0.316 e. The molecule has 1 N–H and O–H groups in total. The van der Waals surface area contributed by atoms with Gasteiger partial charge >= 0.3 is 0 Å². The Morgan fingerprint density at radius 3 is 2.33 bits per heavy atom. The lowest BCUT2D eigenvalue weighted by atomic mass is 9.96. The van der Waals surface area contributed by atoms with E-state index in [1.54, 1.807) is 0 Å². The third-order valence-electron chi connectivity index (χ3n) is 3.31. The predicted octanol–water partition coefficient (Wildman–Crippen LogP) is 3.94. The highest BCUT2D eigenvalue weighted by atomic mass is 14.8. The molecule has 0 aliphatic rings. The maximum Gasteiger partial charge on any atom is 0.0208 e. The maximum atomic E-state index is 3.24. The lowest BCUT2D eigenvalue weighted by molar-refractivity contribution is 0.819. The van der Waals surface area contributed by atoms with Crippen molar-refractivity contribution in [2.45, 2.75) is 26.8 Å². The molecular weight excluding hydrogens is 218 g/mol. The van der Waals surface area contributed by atoms with E-state index in [0.29, 0.717) is 0 Å². The van der Waals surface area contributed by atoms with Crippen LogP contribution in [0.2, 0.25) is 0 Å². The molecule has 2 aromatic rings. The monoisotopic (exact) mass is 239 g/mol. The summed E-state index contributed by atoms with van der Waals surface area (Å²) in [5.41, 5.74) is 6.70. The summed E-state index contributed by atoms with van der Waals surface area (Å²) in [5, 5.41) is 3.24. The third-order valence-corrected chi connectivity index (χ3v) is 3.31. The Labute approximate surface area is 110 Å². The zero-order valence-corrected chi connectivity index (χ0v) is 11.5. The average Bonchev–Trinajstić information content (AvgIpc) is 2.41. The summed E-state index contributed by atoms with van der Waals surface area (Å²) in [5.74, 6) is 0. The van der Waals surface area contributed by atoms with Gasteiger partial charge in [0.2, 0.25) is 0 Å². The molecule has 0 saturated carbocycles. The van der Waals surface area contributed by atoms with Crippen LogP contribution in [-0.4, -0.2) is 7.05 Å². The van der Waals surface area contributed by atoms with Crippen molar-refractivity contribution in [2.24, 2.45) is 0 Å². The van der Waals surface area contributed by atoms with Gasteiger partial charge in [-0.1, -0.05) is 55.0 Å². The predicted molar refractivity (Wildman–Crippen MR) is 78.8 cm³/mol. The SMILES string of the molecule is CCc1ccc(-c2cc(C)ccc2CNC)cc1. The van der Waals surface area contributed by atoms with Gasteiger partial charge in [0.15, 0.2) is 0 Å². The Morgan fingerprint density at radius 1 is 1.00 bits per heavy atom. The zero-order chi connectivity index (χ0) is 13.0. The molecule has 94 valence electrons. The molecule has 0 fully saturated rings. The highest BCUT2D eigenvalue weighted by molar-refractivity contribution is 5.68. The van der Waals surface area contributed by atoms with Crippen LogP contribution in [0.4, 0.5) is 0 Å². The molecule has 0 amide bonds. The van der Waals surface area contributed by atoms with E-state index in [4.69, 9.17) is 0 Å². The Morgan fingerprint density at radius 2 is 1.72 bits per heavy atom. The molecule has 0 heterocycles. The van der Waals surface area contributed by atoms with Crippen molar-refractivity contribution in [3.63, 3.8) is 0 Å². The van der Waals surface area contributed by atoms with Crippen molar-refractivity contribution in [2.75, 3.05) is 7.05 Å². The smallest absolute Gasteiger partial charge is 0.0208 e. The van der Waals surface area contributed by atoms with Crippen molar-refractivity contribution >= 4 is 0 Å². The molecule has 1 heteroatoms. The van der Waals surface area contributed by atoms with Crippen molar-refractivity contribution < 1.29 is 0 Å². The summed E-state index contributed by atoms with van der Waals surface area (Å²) in [7, 11) is 1.99. The molecule has 0 aromatic heterocycles. The van der Waals surface area contributed by atoms with Gasteiger partial charge in [-0.05, 0) is 42.6 Å². The van der Waals surface area contributed by atoms with Crippen molar-refractivity contribution in [1.29, 1.82) is 0 Å². The molecule has 0 spiro atoms. The van der Waals surface area contributed by atoms with Gasteiger partial charge in [-0.3, -0.25) is 0 Å². The molecule has 0 aliphatic carbocycles. The molecule has 2 rings (SSSR count). The number of aryl methyl sites for hydroxylation is 2. The number of hydrogen-bond donors (Lipinski definition) is 1. The van der Waals surface area contributed by atoms with E-state index < -0.39 is 0 Å². The molecule has 0 saturated heterocycles.